The van der Waals surface area contributed by atoms with Gasteiger partial charge < -0.3 is 20.9 Å². The molecular formula is C30H40ClN7O. The summed E-state index contributed by atoms with van der Waals surface area (Å²) in [5, 5.41) is 8.95. The normalized spacial score (nSPS) is 18.8. The van der Waals surface area contributed by atoms with Gasteiger partial charge in [-0.25, -0.2) is 4.98 Å². The summed E-state index contributed by atoms with van der Waals surface area (Å²) >= 11 is 6.46. The molecule has 8 nitrogen and oxygen atoms in total. The number of carbonyl (C=O) groups excluding carboxylic acids is 1. The van der Waals surface area contributed by atoms with Crippen molar-refractivity contribution in [1.29, 1.82) is 0 Å². The molecule has 0 aliphatic carbocycles. The fraction of sp³-hybridized carbons (Fsp3) is 0.500. The highest BCUT2D eigenvalue weighted by Crippen LogP contribution is 2.38. The number of nitrogens with one attached hydrogen (secondary N) is 1. The average Bonchev–Trinajstić information content (AvgIpc) is 3.35. The van der Waals surface area contributed by atoms with Gasteiger partial charge in [0.25, 0.3) is 0 Å². The Morgan fingerprint density at radius 1 is 1.18 bits per heavy atom. The molecule has 0 spiro atoms. The van der Waals surface area contributed by atoms with Crippen molar-refractivity contribution >= 4 is 34.7 Å². The van der Waals surface area contributed by atoms with Gasteiger partial charge in [-0.15, -0.1) is 0 Å². The maximum Gasteiger partial charge on any atom is 0.220 e. The molecule has 1 aromatic carbocycles. The average molecular weight is 550 g/mol. The van der Waals surface area contributed by atoms with Crippen molar-refractivity contribution in [2.75, 3.05) is 38.1 Å². The van der Waals surface area contributed by atoms with Crippen molar-refractivity contribution in [3.8, 4) is 0 Å². The monoisotopic (exact) mass is 549 g/mol. The van der Waals surface area contributed by atoms with Crippen LogP contribution in [-0.2, 0) is 17.6 Å². The lowest BCUT2D eigenvalue weighted by Crippen LogP contribution is -2.35. The molecule has 2 aliphatic heterocycles. The molecule has 0 saturated carbocycles. The Kier molecular flexibility index (Phi) is 8.43. The third-order valence-corrected chi connectivity index (χ3v) is 8.36. The Morgan fingerprint density at radius 3 is 2.85 bits per heavy atom. The summed E-state index contributed by atoms with van der Waals surface area (Å²) in [6.45, 7) is 9.47. The maximum absolute atomic E-state index is 12.8. The Balaban J connectivity index is 1.63. The molecule has 1 saturated heterocycles. The summed E-state index contributed by atoms with van der Waals surface area (Å²) in [4.78, 5) is 22.5. The van der Waals surface area contributed by atoms with Crippen LogP contribution in [0.4, 0.5) is 5.82 Å². The van der Waals surface area contributed by atoms with Crippen LogP contribution < -0.4 is 16.0 Å². The van der Waals surface area contributed by atoms with Crippen LogP contribution in [0.25, 0.3) is 11.3 Å². The number of anilines is 1. The third kappa shape index (κ3) is 5.77. The van der Waals surface area contributed by atoms with E-state index in [9.17, 15) is 4.79 Å². The predicted molar refractivity (Wildman–Crippen MR) is 158 cm³/mol. The van der Waals surface area contributed by atoms with Gasteiger partial charge in [0, 0.05) is 66.7 Å². The van der Waals surface area contributed by atoms with Gasteiger partial charge in [0.05, 0.1) is 11.7 Å². The number of aryl methyl sites for hydroxylation is 2. The summed E-state index contributed by atoms with van der Waals surface area (Å²) in [6.07, 6.45) is 7.12. The predicted octanol–water partition coefficient (Wildman–Crippen LogP) is 4.67. The topological polar surface area (TPSA) is 91.8 Å². The van der Waals surface area contributed by atoms with E-state index in [0.29, 0.717) is 37.5 Å². The minimum absolute atomic E-state index is 0.0401. The fourth-order valence-corrected chi connectivity index (χ4v) is 6.16. The second-order valence-corrected chi connectivity index (χ2v) is 11.3. The Labute approximate surface area is 236 Å². The van der Waals surface area contributed by atoms with E-state index < -0.39 is 0 Å². The first-order valence-corrected chi connectivity index (χ1v) is 14.6. The number of halogens is 1. The SMILES string of the molecule is C=C1c2cc(Cl)ccc2CCC(=O)NCCN(C)c2c(C)c(CCCCN)nc3cc(nn23)C2CCCCN12. The van der Waals surface area contributed by atoms with Crippen molar-refractivity contribution in [1.82, 2.24) is 24.8 Å². The van der Waals surface area contributed by atoms with Gasteiger partial charge in [-0.05, 0) is 76.1 Å². The van der Waals surface area contributed by atoms with Gasteiger partial charge in [0.15, 0.2) is 5.65 Å². The van der Waals surface area contributed by atoms with Crippen LogP contribution >= 0.6 is 11.6 Å². The maximum atomic E-state index is 12.8. The van der Waals surface area contributed by atoms with Crippen LogP contribution in [0.1, 0.15) is 72.6 Å². The molecule has 3 aromatic rings. The molecule has 9 heteroatoms. The quantitative estimate of drug-likeness (QED) is 0.460. The highest BCUT2D eigenvalue weighted by molar-refractivity contribution is 6.30. The molecule has 2 bridgehead atoms. The second kappa shape index (κ2) is 12.0. The van der Waals surface area contributed by atoms with Gasteiger partial charge in [-0.2, -0.15) is 9.61 Å². The number of likely N-dealkylation sites (N-methyl/N-ethyl adjacent to an activating group) is 1. The van der Waals surface area contributed by atoms with E-state index in [0.717, 1.165) is 90.3 Å². The summed E-state index contributed by atoms with van der Waals surface area (Å²) in [7, 11) is 2.07. The van der Waals surface area contributed by atoms with Crippen LogP contribution in [0.5, 0.6) is 0 Å². The first-order valence-electron chi connectivity index (χ1n) is 14.2. The summed E-state index contributed by atoms with van der Waals surface area (Å²) in [6, 6.07) is 8.16. The Morgan fingerprint density at radius 2 is 2.03 bits per heavy atom. The summed E-state index contributed by atoms with van der Waals surface area (Å²) < 4.78 is 1.99. The molecule has 39 heavy (non-hydrogen) atoms. The van der Waals surface area contributed by atoms with Gasteiger partial charge in [-0.1, -0.05) is 24.2 Å². The van der Waals surface area contributed by atoms with E-state index in [1.54, 1.807) is 0 Å². The van der Waals surface area contributed by atoms with E-state index in [-0.39, 0.29) is 11.9 Å². The van der Waals surface area contributed by atoms with Gasteiger partial charge in [0.2, 0.25) is 5.91 Å². The van der Waals surface area contributed by atoms with Crippen molar-refractivity contribution in [3.63, 3.8) is 0 Å². The van der Waals surface area contributed by atoms with Crippen molar-refractivity contribution in [3.05, 3.63) is 63.9 Å². The minimum Gasteiger partial charge on any atom is -0.363 e. The molecule has 208 valence electrons. The fourth-order valence-electron chi connectivity index (χ4n) is 5.98. The largest absolute Gasteiger partial charge is 0.363 e. The van der Waals surface area contributed by atoms with E-state index in [2.05, 4.69) is 41.7 Å². The molecular weight excluding hydrogens is 510 g/mol. The number of fused-ring (bicyclic) bond motifs is 4. The molecule has 1 fully saturated rings. The highest BCUT2D eigenvalue weighted by Gasteiger charge is 2.30. The van der Waals surface area contributed by atoms with Crippen molar-refractivity contribution in [2.45, 2.75) is 64.3 Å². The number of hydrogen-bond acceptors (Lipinski definition) is 6. The molecule has 4 heterocycles. The number of piperidine rings is 1. The van der Waals surface area contributed by atoms with E-state index in [1.165, 1.54) is 0 Å². The van der Waals surface area contributed by atoms with Crippen LogP contribution in [0.2, 0.25) is 5.02 Å². The number of unbranched alkanes of at least 4 members (excludes halogenated alkanes) is 1. The van der Waals surface area contributed by atoms with E-state index >= 15 is 0 Å². The van der Waals surface area contributed by atoms with Crippen LogP contribution in [0.3, 0.4) is 0 Å². The zero-order chi connectivity index (χ0) is 27.5. The van der Waals surface area contributed by atoms with E-state index in [1.807, 2.05) is 22.7 Å². The number of nitrogens with zero attached hydrogens (tertiary/aromatic N) is 5. The number of amides is 1. The van der Waals surface area contributed by atoms with Crippen molar-refractivity contribution in [2.24, 2.45) is 5.73 Å². The lowest BCUT2D eigenvalue weighted by atomic mass is 9.94. The summed E-state index contributed by atoms with van der Waals surface area (Å²) in [5.74, 6) is 1.06. The zero-order valence-corrected chi connectivity index (χ0v) is 23.9. The number of hydrogen-bond donors (Lipinski definition) is 2. The third-order valence-electron chi connectivity index (χ3n) is 8.12. The molecule has 0 radical (unpaired) electrons. The molecule has 1 unspecified atom stereocenters. The Bertz CT molecular complexity index is 1370. The van der Waals surface area contributed by atoms with Crippen LogP contribution in [0.15, 0.2) is 30.8 Å². The summed E-state index contributed by atoms with van der Waals surface area (Å²) in [5.41, 5.74) is 12.9. The number of benzene rings is 1. The first-order chi connectivity index (χ1) is 18.9. The zero-order valence-electron chi connectivity index (χ0n) is 23.2. The minimum atomic E-state index is 0.0401. The molecule has 5 rings (SSSR count). The first kappa shape index (κ1) is 27.5. The number of aromatic nitrogens is 3. The second-order valence-electron chi connectivity index (χ2n) is 10.8. The molecule has 3 N–H and O–H groups in total. The Hall–Kier alpha value is -3.10. The van der Waals surface area contributed by atoms with Crippen molar-refractivity contribution < 1.29 is 4.79 Å². The van der Waals surface area contributed by atoms with Crippen LogP contribution in [-0.4, -0.2) is 58.6 Å². The van der Waals surface area contributed by atoms with E-state index in [4.69, 9.17) is 27.4 Å². The lowest BCUT2D eigenvalue weighted by molar-refractivity contribution is -0.120. The molecule has 2 aliphatic rings. The smallest absolute Gasteiger partial charge is 0.220 e. The standard InChI is InChI=1S/C30H40ClN7O/c1-20-25(8-4-6-14-32)34-28-19-26-27-9-5-7-16-37(27)21(2)24-18-23(31)12-10-22(24)11-13-29(39)33-15-17-36(3)30(20)38(28)35-26/h10,12,18-19,27H,2,4-9,11,13-17,32H2,1,3H3,(H,33,39). The van der Waals surface area contributed by atoms with Gasteiger partial charge >= 0.3 is 0 Å². The van der Waals surface area contributed by atoms with Gasteiger partial charge in [-0.3, -0.25) is 4.79 Å². The molecule has 1 atom stereocenters. The molecule has 2 aromatic heterocycles. The highest BCUT2D eigenvalue weighted by atomic mass is 35.5. The molecule has 1 amide bonds. The number of rotatable bonds is 4. The van der Waals surface area contributed by atoms with Crippen LogP contribution in [0, 0.1) is 6.92 Å². The van der Waals surface area contributed by atoms with Gasteiger partial charge in [0.1, 0.15) is 5.82 Å². The number of nitrogens with two attached hydrogens (primary N) is 1. The lowest BCUT2D eigenvalue weighted by Gasteiger charge is -2.38. The number of carbonyl (C=O) groups is 1.